The molecule has 2 N–H and O–H groups in total. The van der Waals surface area contributed by atoms with Gasteiger partial charge in [0.05, 0.1) is 0 Å². The summed E-state index contributed by atoms with van der Waals surface area (Å²) in [5.74, 6) is 0.930. The molecule has 0 aromatic carbocycles. The lowest BCUT2D eigenvalue weighted by atomic mass is 9.99. The molecule has 2 nitrogen and oxygen atoms in total. The standard InChI is InChI=1S/C9H20N2/c1-8-3-5-11(6-4-8)7-9(2)10/h8-9H,3-7,10H2,1-2H3/t9-/m0/s1. The van der Waals surface area contributed by atoms with Crippen LogP contribution in [0.15, 0.2) is 0 Å². The molecule has 0 spiro atoms. The van der Waals surface area contributed by atoms with Crippen LogP contribution in [0.25, 0.3) is 0 Å². The SMILES string of the molecule is CC1CCN(C[C@H](C)N)CC1. The average molecular weight is 156 g/mol. The zero-order chi connectivity index (χ0) is 8.27. The van der Waals surface area contributed by atoms with Gasteiger partial charge in [-0.15, -0.1) is 0 Å². The first-order chi connectivity index (χ1) is 5.18. The van der Waals surface area contributed by atoms with Gasteiger partial charge < -0.3 is 10.6 Å². The third kappa shape index (κ3) is 3.21. The fraction of sp³-hybridized carbons (Fsp3) is 1.00. The van der Waals surface area contributed by atoms with E-state index in [1.54, 1.807) is 0 Å². The maximum atomic E-state index is 5.72. The molecular weight excluding hydrogens is 136 g/mol. The molecule has 1 heterocycles. The molecule has 1 atom stereocenters. The predicted molar refractivity (Wildman–Crippen MR) is 48.5 cm³/mol. The van der Waals surface area contributed by atoms with Crippen LogP contribution < -0.4 is 5.73 Å². The highest BCUT2D eigenvalue weighted by Crippen LogP contribution is 2.15. The molecule has 0 aromatic rings. The Morgan fingerprint density at radius 1 is 1.45 bits per heavy atom. The van der Waals surface area contributed by atoms with Crippen molar-refractivity contribution in [3.8, 4) is 0 Å². The van der Waals surface area contributed by atoms with Gasteiger partial charge >= 0.3 is 0 Å². The Morgan fingerprint density at radius 2 is 2.00 bits per heavy atom. The van der Waals surface area contributed by atoms with Gasteiger partial charge in [0, 0.05) is 12.6 Å². The minimum Gasteiger partial charge on any atom is -0.327 e. The molecule has 11 heavy (non-hydrogen) atoms. The second-order valence-electron chi connectivity index (χ2n) is 3.96. The van der Waals surface area contributed by atoms with Gasteiger partial charge in [0.15, 0.2) is 0 Å². The van der Waals surface area contributed by atoms with Crippen molar-refractivity contribution in [2.45, 2.75) is 32.7 Å². The number of rotatable bonds is 2. The second-order valence-corrected chi connectivity index (χ2v) is 3.96. The molecule has 1 rings (SSSR count). The molecule has 0 bridgehead atoms. The van der Waals surface area contributed by atoms with Gasteiger partial charge in [-0.05, 0) is 38.8 Å². The lowest BCUT2D eigenvalue weighted by molar-refractivity contribution is 0.185. The smallest absolute Gasteiger partial charge is 0.0139 e. The van der Waals surface area contributed by atoms with Crippen LogP contribution in [0.2, 0.25) is 0 Å². The number of hydrogen-bond acceptors (Lipinski definition) is 2. The molecule has 0 radical (unpaired) electrons. The predicted octanol–water partition coefficient (Wildman–Crippen LogP) is 1.07. The second kappa shape index (κ2) is 4.07. The topological polar surface area (TPSA) is 29.3 Å². The summed E-state index contributed by atoms with van der Waals surface area (Å²) in [5.41, 5.74) is 5.72. The Balaban J connectivity index is 2.17. The number of nitrogens with zero attached hydrogens (tertiary/aromatic N) is 1. The van der Waals surface area contributed by atoms with E-state index < -0.39 is 0 Å². The lowest BCUT2D eigenvalue weighted by Crippen LogP contribution is -2.40. The van der Waals surface area contributed by atoms with E-state index in [0.717, 1.165) is 12.5 Å². The van der Waals surface area contributed by atoms with Crippen LogP contribution >= 0.6 is 0 Å². The highest BCUT2D eigenvalue weighted by atomic mass is 15.1. The first kappa shape index (κ1) is 9.01. The van der Waals surface area contributed by atoms with Crippen LogP contribution in [-0.4, -0.2) is 30.6 Å². The van der Waals surface area contributed by atoms with Crippen molar-refractivity contribution in [1.29, 1.82) is 0 Å². The Bertz CT molecular complexity index is 104. The Hall–Kier alpha value is -0.0800. The number of hydrogen-bond donors (Lipinski definition) is 1. The summed E-state index contributed by atoms with van der Waals surface area (Å²) < 4.78 is 0. The summed E-state index contributed by atoms with van der Waals surface area (Å²) in [7, 11) is 0. The van der Waals surface area contributed by atoms with Gasteiger partial charge in [0.25, 0.3) is 0 Å². The van der Waals surface area contributed by atoms with Crippen LogP contribution in [0.5, 0.6) is 0 Å². The molecule has 1 aliphatic rings. The molecule has 1 aliphatic heterocycles. The fourth-order valence-corrected chi connectivity index (χ4v) is 1.65. The quantitative estimate of drug-likeness (QED) is 0.648. The van der Waals surface area contributed by atoms with Crippen molar-refractivity contribution in [2.75, 3.05) is 19.6 Å². The molecule has 1 fully saturated rings. The lowest BCUT2D eigenvalue weighted by Gasteiger charge is -2.31. The Morgan fingerprint density at radius 3 is 2.45 bits per heavy atom. The molecule has 0 amide bonds. The summed E-state index contributed by atoms with van der Waals surface area (Å²) in [6.45, 7) is 8.00. The zero-order valence-electron chi connectivity index (χ0n) is 7.71. The molecule has 0 aromatic heterocycles. The summed E-state index contributed by atoms with van der Waals surface area (Å²) in [6, 6.07) is 0.336. The summed E-state index contributed by atoms with van der Waals surface area (Å²) in [5, 5.41) is 0. The minimum atomic E-state index is 0.336. The maximum Gasteiger partial charge on any atom is 0.0139 e. The van der Waals surface area contributed by atoms with E-state index in [0.29, 0.717) is 6.04 Å². The van der Waals surface area contributed by atoms with Crippen molar-refractivity contribution in [3.05, 3.63) is 0 Å². The first-order valence-electron chi connectivity index (χ1n) is 4.66. The average Bonchev–Trinajstić information content (AvgIpc) is 1.93. The van der Waals surface area contributed by atoms with Crippen LogP contribution in [0.1, 0.15) is 26.7 Å². The van der Waals surface area contributed by atoms with Gasteiger partial charge in [0.1, 0.15) is 0 Å². The van der Waals surface area contributed by atoms with Crippen molar-refractivity contribution in [2.24, 2.45) is 11.7 Å². The fourth-order valence-electron chi connectivity index (χ4n) is 1.65. The van der Waals surface area contributed by atoms with E-state index in [-0.39, 0.29) is 0 Å². The molecular formula is C9H20N2. The van der Waals surface area contributed by atoms with Crippen molar-refractivity contribution in [3.63, 3.8) is 0 Å². The minimum absolute atomic E-state index is 0.336. The summed E-state index contributed by atoms with van der Waals surface area (Å²) in [4.78, 5) is 2.48. The highest BCUT2D eigenvalue weighted by Gasteiger charge is 2.15. The van der Waals surface area contributed by atoms with E-state index in [4.69, 9.17) is 5.73 Å². The zero-order valence-corrected chi connectivity index (χ0v) is 7.71. The van der Waals surface area contributed by atoms with Gasteiger partial charge in [-0.3, -0.25) is 0 Å². The molecule has 0 saturated carbocycles. The van der Waals surface area contributed by atoms with E-state index in [9.17, 15) is 0 Å². The van der Waals surface area contributed by atoms with E-state index in [1.165, 1.54) is 25.9 Å². The summed E-state index contributed by atoms with van der Waals surface area (Å²) in [6.07, 6.45) is 2.71. The van der Waals surface area contributed by atoms with Gasteiger partial charge in [-0.2, -0.15) is 0 Å². The van der Waals surface area contributed by atoms with Crippen molar-refractivity contribution >= 4 is 0 Å². The van der Waals surface area contributed by atoms with Gasteiger partial charge in [-0.25, -0.2) is 0 Å². The van der Waals surface area contributed by atoms with Gasteiger partial charge in [-0.1, -0.05) is 6.92 Å². The first-order valence-corrected chi connectivity index (χ1v) is 4.66. The van der Waals surface area contributed by atoms with Gasteiger partial charge in [0.2, 0.25) is 0 Å². The van der Waals surface area contributed by atoms with Crippen molar-refractivity contribution in [1.82, 2.24) is 4.90 Å². The summed E-state index contributed by atoms with van der Waals surface area (Å²) >= 11 is 0. The van der Waals surface area contributed by atoms with E-state index in [2.05, 4.69) is 18.7 Å². The monoisotopic (exact) mass is 156 g/mol. The Kier molecular flexibility index (Phi) is 3.34. The molecule has 1 saturated heterocycles. The van der Waals surface area contributed by atoms with Crippen LogP contribution in [0, 0.1) is 5.92 Å². The van der Waals surface area contributed by atoms with Crippen LogP contribution in [0.3, 0.4) is 0 Å². The van der Waals surface area contributed by atoms with Crippen LogP contribution in [0.4, 0.5) is 0 Å². The molecule has 66 valence electrons. The number of nitrogens with two attached hydrogens (primary N) is 1. The Labute approximate surface area is 69.8 Å². The molecule has 0 unspecified atom stereocenters. The van der Waals surface area contributed by atoms with E-state index in [1.807, 2.05) is 0 Å². The molecule has 2 heteroatoms. The highest BCUT2D eigenvalue weighted by molar-refractivity contribution is 4.71. The molecule has 0 aliphatic carbocycles. The largest absolute Gasteiger partial charge is 0.327 e. The third-order valence-corrected chi connectivity index (χ3v) is 2.42. The number of piperidine rings is 1. The maximum absolute atomic E-state index is 5.72. The van der Waals surface area contributed by atoms with E-state index >= 15 is 0 Å². The third-order valence-electron chi connectivity index (χ3n) is 2.42. The normalized spacial score (nSPS) is 25.4. The number of likely N-dealkylation sites (tertiary alicyclic amines) is 1. The van der Waals surface area contributed by atoms with Crippen molar-refractivity contribution < 1.29 is 0 Å². The van der Waals surface area contributed by atoms with Crippen LogP contribution in [-0.2, 0) is 0 Å².